The molecule has 20 heavy (non-hydrogen) atoms. The van der Waals surface area contributed by atoms with Crippen LogP contribution in [0.25, 0.3) is 0 Å². The second kappa shape index (κ2) is 6.21. The Hall–Kier alpha value is -1.63. The third kappa shape index (κ3) is 3.47. The van der Waals surface area contributed by atoms with Crippen molar-refractivity contribution in [2.24, 2.45) is 0 Å². The Morgan fingerprint density at radius 1 is 1.65 bits per heavy atom. The number of nitrogens with one attached hydrogen (secondary N) is 1. The quantitative estimate of drug-likeness (QED) is 0.859. The third-order valence-electron chi connectivity index (χ3n) is 3.04. The van der Waals surface area contributed by atoms with Gasteiger partial charge in [-0.15, -0.1) is 11.3 Å². The topological polar surface area (TPSA) is 71.5 Å². The first-order chi connectivity index (χ1) is 9.47. The molecule has 1 fully saturated rings. The molecule has 7 heteroatoms. The lowest BCUT2D eigenvalue weighted by Crippen LogP contribution is -2.44. The molecule has 0 radical (unpaired) electrons. The first kappa shape index (κ1) is 14.8. The zero-order valence-corrected chi connectivity index (χ0v) is 12.7. The molecule has 110 valence electrons. The van der Waals surface area contributed by atoms with Crippen molar-refractivity contribution in [1.29, 1.82) is 0 Å². The summed E-state index contributed by atoms with van der Waals surface area (Å²) in [5, 5.41) is 5.69. The van der Waals surface area contributed by atoms with Gasteiger partial charge in [0.05, 0.1) is 23.9 Å². The third-order valence-corrected chi connectivity index (χ3v) is 4.24. The standard InChI is InChI=1S/C13H19N3O3S/c1-8(2)11-14-9(7-20-11)6-16(3)13(18)15-10-4-5-19-12(10)17/h7-8,10H,4-6H2,1-3H3,(H,15,18). The van der Waals surface area contributed by atoms with E-state index in [2.05, 4.69) is 24.1 Å². The first-order valence-corrected chi connectivity index (χ1v) is 7.48. The van der Waals surface area contributed by atoms with Gasteiger partial charge in [-0.2, -0.15) is 0 Å². The van der Waals surface area contributed by atoms with Crippen LogP contribution in [0.5, 0.6) is 0 Å². The van der Waals surface area contributed by atoms with Crippen LogP contribution in [-0.4, -0.2) is 41.6 Å². The number of nitrogens with zero attached hydrogens (tertiary/aromatic N) is 2. The second-order valence-electron chi connectivity index (χ2n) is 5.15. The zero-order chi connectivity index (χ0) is 14.7. The molecule has 1 N–H and O–H groups in total. The SMILES string of the molecule is CC(C)c1nc(CN(C)C(=O)NC2CCOC2=O)cs1. The molecular formula is C13H19N3O3S. The van der Waals surface area contributed by atoms with Gasteiger partial charge < -0.3 is 15.0 Å². The lowest BCUT2D eigenvalue weighted by molar-refractivity contribution is -0.139. The monoisotopic (exact) mass is 297 g/mol. The molecule has 2 heterocycles. The summed E-state index contributed by atoms with van der Waals surface area (Å²) in [5.41, 5.74) is 0.866. The summed E-state index contributed by atoms with van der Waals surface area (Å²) in [6.07, 6.45) is 0.534. The van der Waals surface area contributed by atoms with E-state index in [0.717, 1.165) is 10.7 Å². The number of esters is 1. The Morgan fingerprint density at radius 3 is 2.95 bits per heavy atom. The Labute approximate surface area is 122 Å². The largest absolute Gasteiger partial charge is 0.464 e. The van der Waals surface area contributed by atoms with Gasteiger partial charge in [-0.3, -0.25) is 0 Å². The van der Waals surface area contributed by atoms with Gasteiger partial charge in [0.1, 0.15) is 6.04 Å². The number of urea groups is 1. The maximum absolute atomic E-state index is 12.0. The predicted octanol–water partition coefficient (Wildman–Crippen LogP) is 1.72. The average Bonchev–Trinajstić information content (AvgIpc) is 2.99. The van der Waals surface area contributed by atoms with Gasteiger partial charge in [0.15, 0.2) is 0 Å². The number of thiazole rings is 1. The Bertz CT molecular complexity index is 501. The number of rotatable bonds is 4. The van der Waals surface area contributed by atoms with E-state index >= 15 is 0 Å². The predicted molar refractivity (Wildman–Crippen MR) is 75.6 cm³/mol. The molecule has 1 aromatic rings. The molecule has 1 aromatic heterocycles. The Kier molecular flexibility index (Phi) is 4.59. The highest BCUT2D eigenvalue weighted by molar-refractivity contribution is 7.09. The minimum absolute atomic E-state index is 0.284. The fraction of sp³-hybridized carbons (Fsp3) is 0.615. The van der Waals surface area contributed by atoms with E-state index in [9.17, 15) is 9.59 Å². The fourth-order valence-corrected chi connectivity index (χ4v) is 2.69. The van der Waals surface area contributed by atoms with Crippen molar-refractivity contribution in [2.75, 3.05) is 13.7 Å². The first-order valence-electron chi connectivity index (χ1n) is 6.60. The molecule has 0 saturated carbocycles. The lowest BCUT2D eigenvalue weighted by Gasteiger charge is -2.18. The zero-order valence-electron chi connectivity index (χ0n) is 11.9. The second-order valence-corrected chi connectivity index (χ2v) is 6.04. The molecule has 0 spiro atoms. The average molecular weight is 297 g/mol. The highest BCUT2D eigenvalue weighted by Crippen LogP contribution is 2.19. The molecule has 1 saturated heterocycles. The minimum Gasteiger partial charge on any atom is -0.464 e. The van der Waals surface area contributed by atoms with Gasteiger partial charge in [-0.1, -0.05) is 13.8 Å². The van der Waals surface area contributed by atoms with Crippen LogP contribution < -0.4 is 5.32 Å². The van der Waals surface area contributed by atoms with E-state index in [1.54, 1.807) is 18.4 Å². The normalized spacial score (nSPS) is 18.2. The van der Waals surface area contributed by atoms with Crippen molar-refractivity contribution in [3.05, 3.63) is 16.1 Å². The molecule has 1 atom stereocenters. The highest BCUT2D eigenvalue weighted by Gasteiger charge is 2.28. The van der Waals surface area contributed by atoms with Crippen molar-refractivity contribution >= 4 is 23.3 Å². The number of ether oxygens (including phenoxy) is 1. The summed E-state index contributed by atoms with van der Waals surface area (Å²) in [6, 6.07) is -0.806. The summed E-state index contributed by atoms with van der Waals surface area (Å²) in [7, 11) is 1.68. The molecule has 1 aliphatic rings. The Morgan fingerprint density at radius 2 is 2.40 bits per heavy atom. The Balaban J connectivity index is 1.88. The maximum Gasteiger partial charge on any atom is 0.328 e. The summed E-state index contributed by atoms with van der Waals surface area (Å²) in [6.45, 7) is 4.98. The van der Waals surface area contributed by atoms with E-state index in [4.69, 9.17) is 4.74 Å². The number of hydrogen-bond donors (Lipinski definition) is 1. The summed E-state index contributed by atoms with van der Waals surface area (Å²) >= 11 is 1.60. The van der Waals surface area contributed by atoms with Crippen LogP contribution in [0, 0.1) is 0 Å². The van der Waals surface area contributed by atoms with Gasteiger partial charge in [0.25, 0.3) is 0 Å². The number of carbonyl (C=O) groups is 2. The van der Waals surface area contributed by atoms with Gasteiger partial charge in [0, 0.05) is 24.8 Å². The molecule has 1 unspecified atom stereocenters. The molecular weight excluding hydrogens is 278 g/mol. The van der Waals surface area contributed by atoms with Gasteiger partial charge in [-0.05, 0) is 0 Å². The van der Waals surface area contributed by atoms with E-state index in [1.807, 2.05) is 5.38 Å². The van der Waals surface area contributed by atoms with Crippen LogP contribution in [0.3, 0.4) is 0 Å². The van der Waals surface area contributed by atoms with Crippen molar-refractivity contribution in [1.82, 2.24) is 15.2 Å². The number of hydrogen-bond acceptors (Lipinski definition) is 5. The van der Waals surface area contributed by atoms with Gasteiger partial charge in [-0.25, -0.2) is 14.6 Å². The van der Waals surface area contributed by atoms with E-state index < -0.39 is 6.04 Å². The maximum atomic E-state index is 12.0. The number of carbonyl (C=O) groups excluding carboxylic acids is 2. The van der Waals surface area contributed by atoms with Crippen LogP contribution in [0.1, 0.15) is 36.9 Å². The summed E-state index contributed by atoms with van der Waals surface area (Å²) < 4.78 is 4.81. The van der Waals surface area contributed by atoms with Crippen LogP contribution >= 0.6 is 11.3 Å². The molecule has 0 aromatic carbocycles. The summed E-state index contributed by atoms with van der Waals surface area (Å²) in [5.74, 6) is 0.0312. The number of aromatic nitrogens is 1. The van der Waals surface area contributed by atoms with Gasteiger partial charge in [0.2, 0.25) is 0 Å². The van der Waals surface area contributed by atoms with Crippen LogP contribution in [0.4, 0.5) is 4.79 Å². The molecule has 2 rings (SSSR count). The molecule has 6 nitrogen and oxygen atoms in total. The molecule has 2 amide bonds. The summed E-state index contributed by atoms with van der Waals surface area (Å²) in [4.78, 5) is 29.3. The molecule has 0 aliphatic carbocycles. The minimum atomic E-state index is -0.522. The van der Waals surface area contributed by atoms with Gasteiger partial charge >= 0.3 is 12.0 Å². The fourth-order valence-electron chi connectivity index (χ4n) is 1.86. The van der Waals surface area contributed by atoms with E-state index in [1.165, 1.54) is 4.90 Å². The van der Waals surface area contributed by atoms with Crippen molar-refractivity contribution in [3.8, 4) is 0 Å². The molecule has 1 aliphatic heterocycles. The number of cyclic esters (lactones) is 1. The molecule has 0 bridgehead atoms. The van der Waals surface area contributed by atoms with Crippen LogP contribution in [-0.2, 0) is 16.1 Å². The number of amides is 2. The van der Waals surface area contributed by atoms with Crippen molar-refractivity contribution < 1.29 is 14.3 Å². The highest BCUT2D eigenvalue weighted by atomic mass is 32.1. The van der Waals surface area contributed by atoms with Crippen molar-refractivity contribution in [3.63, 3.8) is 0 Å². The van der Waals surface area contributed by atoms with E-state index in [-0.39, 0.29) is 12.0 Å². The van der Waals surface area contributed by atoms with E-state index in [0.29, 0.717) is 25.5 Å². The smallest absolute Gasteiger partial charge is 0.328 e. The van der Waals surface area contributed by atoms with Crippen LogP contribution in [0.15, 0.2) is 5.38 Å². The van der Waals surface area contributed by atoms with Crippen molar-refractivity contribution in [2.45, 2.75) is 38.8 Å². The lowest BCUT2D eigenvalue weighted by atomic mass is 10.2. The van der Waals surface area contributed by atoms with Crippen LogP contribution in [0.2, 0.25) is 0 Å².